The van der Waals surface area contributed by atoms with E-state index in [0.717, 1.165) is 18.8 Å². The Hall–Kier alpha value is -3.15. The number of Topliss-reactive ketones (excluding diaryl/α,β-unsaturated/α-hetero) is 1. The largest absolute Gasteiger partial charge is 0.456 e. The van der Waals surface area contributed by atoms with Crippen molar-refractivity contribution in [1.82, 2.24) is 0 Å². The summed E-state index contributed by atoms with van der Waals surface area (Å²) in [6.45, 7) is 1.76. The van der Waals surface area contributed by atoms with Crippen LogP contribution in [0.1, 0.15) is 36.0 Å². The molecule has 0 aliphatic carbocycles. The summed E-state index contributed by atoms with van der Waals surface area (Å²) in [5.41, 5.74) is 2.36. The lowest BCUT2D eigenvalue weighted by Gasteiger charge is -2.17. The molecule has 1 fully saturated rings. The normalized spacial score (nSPS) is 13.2. The van der Waals surface area contributed by atoms with Crippen molar-refractivity contribution in [1.29, 1.82) is 0 Å². The fourth-order valence-electron chi connectivity index (χ4n) is 3.13. The molecule has 0 spiro atoms. The maximum atomic E-state index is 12.0. The zero-order valence-electron chi connectivity index (χ0n) is 15.7. The van der Waals surface area contributed by atoms with Crippen LogP contribution in [0.15, 0.2) is 54.6 Å². The van der Waals surface area contributed by atoms with Crippen LogP contribution < -0.4 is 10.2 Å². The van der Waals surface area contributed by atoms with Gasteiger partial charge in [0.15, 0.2) is 12.4 Å². The Morgan fingerprint density at radius 2 is 1.57 bits per heavy atom. The number of benzene rings is 2. The fourth-order valence-corrected chi connectivity index (χ4v) is 3.13. The molecule has 6 nitrogen and oxygen atoms in total. The zero-order chi connectivity index (χ0) is 19.8. The van der Waals surface area contributed by atoms with E-state index >= 15 is 0 Å². The molecule has 1 saturated heterocycles. The molecule has 1 N–H and O–H groups in total. The van der Waals surface area contributed by atoms with Crippen molar-refractivity contribution in [2.24, 2.45) is 0 Å². The van der Waals surface area contributed by atoms with Crippen molar-refractivity contribution in [3.05, 3.63) is 60.2 Å². The smallest absolute Gasteiger partial charge is 0.306 e. The quantitative estimate of drug-likeness (QED) is 0.561. The number of hydrogen-bond donors (Lipinski definition) is 1. The van der Waals surface area contributed by atoms with Crippen LogP contribution in [-0.4, -0.2) is 37.4 Å². The van der Waals surface area contributed by atoms with Crippen LogP contribution in [0.2, 0.25) is 0 Å². The van der Waals surface area contributed by atoms with E-state index in [9.17, 15) is 14.4 Å². The summed E-state index contributed by atoms with van der Waals surface area (Å²) in [5.74, 6) is -1.10. The molecule has 28 heavy (non-hydrogen) atoms. The highest BCUT2D eigenvalue weighted by Crippen LogP contribution is 2.22. The number of rotatable bonds is 8. The average Bonchev–Trinajstić information content (AvgIpc) is 3.26. The number of carbonyl (C=O) groups excluding carboxylic acids is 3. The SMILES string of the molecule is O=C(COC(=O)CCC(=O)c1ccccc1)Nc1ccc(N2CCCC2)cc1. The van der Waals surface area contributed by atoms with Crippen LogP contribution in [0.4, 0.5) is 11.4 Å². The fraction of sp³-hybridized carbons (Fsp3) is 0.318. The molecule has 146 valence electrons. The molecule has 2 aromatic rings. The number of amides is 1. The summed E-state index contributed by atoms with van der Waals surface area (Å²) in [6, 6.07) is 16.4. The Bertz CT molecular complexity index is 812. The van der Waals surface area contributed by atoms with Crippen LogP contribution in [0.5, 0.6) is 0 Å². The maximum absolute atomic E-state index is 12.0. The van der Waals surface area contributed by atoms with Gasteiger partial charge in [0.25, 0.3) is 5.91 Å². The number of nitrogens with one attached hydrogen (secondary N) is 1. The van der Waals surface area contributed by atoms with E-state index in [1.807, 2.05) is 30.3 Å². The summed E-state index contributed by atoms with van der Waals surface area (Å²) in [7, 11) is 0. The first kappa shape index (κ1) is 19.6. The number of ether oxygens (including phenoxy) is 1. The van der Waals surface area contributed by atoms with Gasteiger partial charge >= 0.3 is 5.97 Å². The molecule has 0 atom stereocenters. The van der Waals surface area contributed by atoms with Gasteiger partial charge in [0.2, 0.25) is 0 Å². The van der Waals surface area contributed by atoms with Gasteiger partial charge in [-0.1, -0.05) is 30.3 Å². The van der Waals surface area contributed by atoms with Crippen LogP contribution in [0.25, 0.3) is 0 Å². The highest BCUT2D eigenvalue weighted by atomic mass is 16.5. The number of hydrogen-bond acceptors (Lipinski definition) is 5. The monoisotopic (exact) mass is 380 g/mol. The number of ketones is 1. The van der Waals surface area contributed by atoms with Crippen LogP contribution in [0, 0.1) is 0 Å². The second-order valence-electron chi connectivity index (χ2n) is 6.74. The van der Waals surface area contributed by atoms with Gasteiger partial charge in [-0.3, -0.25) is 14.4 Å². The van der Waals surface area contributed by atoms with Crippen LogP contribution in [-0.2, 0) is 14.3 Å². The Labute approximate surface area is 164 Å². The van der Waals surface area contributed by atoms with E-state index in [2.05, 4.69) is 10.2 Å². The topological polar surface area (TPSA) is 75.7 Å². The van der Waals surface area contributed by atoms with Gasteiger partial charge in [0.05, 0.1) is 6.42 Å². The Morgan fingerprint density at radius 1 is 0.893 bits per heavy atom. The molecule has 0 aromatic heterocycles. The summed E-state index contributed by atoms with van der Waals surface area (Å²) >= 11 is 0. The lowest BCUT2D eigenvalue weighted by Crippen LogP contribution is -2.21. The second-order valence-corrected chi connectivity index (χ2v) is 6.74. The van der Waals surface area contributed by atoms with Gasteiger partial charge in [0.1, 0.15) is 0 Å². The first-order chi connectivity index (χ1) is 13.6. The van der Waals surface area contributed by atoms with Gasteiger partial charge < -0.3 is 15.0 Å². The van der Waals surface area contributed by atoms with E-state index < -0.39 is 11.9 Å². The van der Waals surface area contributed by atoms with E-state index in [0.29, 0.717) is 11.3 Å². The molecule has 1 amide bonds. The molecular weight excluding hydrogens is 356 g/mol. The highest BCUT2D eigenvalue weighted by molar-refractivity contribution is 5.98. The summed E-state index contributed by atoms with van der Waals surface area (Å²) < 4.78 is 4.96. The molecular formula is C22H24N2O4. The summed E-state index contributed by atoms with van der Waals surface area (Å²) in [5, 5.41) is 2.70. The molecule has 2 aromatic carbocycles. The third-order valence-corrected chi connectivity index (χ3v) is 4.64. The molecule has 1 aliphatic heterocycles. The minimum absolute atomic E-state index is 0.0501. The molecule has 1 heterocycles. The molecule has 3 rings (SSSR count). The van der Waals surface area contributed by atoms with Gasteiger partial charge in [-0.05, 0) is 37.1 Å². The minimum atomic E-state index is -0.566. The van der Waals surface area contributed by atoms with Crippen LogP contribution >= 0.6 is 0 Å². The first-order valence-corrected chi connectivity index (χ1v) is 9.50. The van der Waals surface area contributed by atoms with Crippen molar-refractivity contribution in [3.8, 4) is 0 Å². The molecule has 0 radical (unpaired) electrons. The van der Waals surface area contributed by atoms with Crippen molar-refractivity contribution in [3.63, 3.8) is 0 Å². The Morgan fingerprint density at radius 3 is 2.25 bits per heavy atom. The molecule has 0 bridgehead atoms. The van der Waals surface area contributed by atoms with Gasteiger partial charge in [-0.25, -0.2) is 0 Å². The van der Waals surface area contributed by atoms with E-state index in [1.54, 1.807) is 24.3 Å². The van der Waals surface area contributed by atoms with Crippen molar-refractivity contribution in [2.75, 3.05) is 29.9 Å². The summed E-state index contributed by atoms with van der Waals surface area (Å²) in [4.78, 5) is 38.0. The third-order valence-electron chi connectivity index (χ3n) is 4.64. The van der Waals surface area contributed by atoms with Crippen LogP contribution in [0.3, 0.4) is 0 Å². The molecule has 0 saturated carbocycles. The number of esters is 1. The Balaban J connectivity index is 1.37. The van der Waals surface area contributed by atoms with E-state index in [4.69, 9.17) is 4.74 Å². The predicted octanol–water partition coefficient (Wildman–Crippen LogP) is 3.43. The first-order valence-electron chi connectivity index (χ1n) is 9.50. The lowest BCUT2D eigenvalue weighted by atomic mass is 10.1. The standard InChI is InChI=1S/C22H24N2O4/c25-20(17-6-2-1-3-7-17)12-13-22(27)28-16-21(26)23-18-8-10-19(11-9-18)24-14-4-5-15-24/h1-3,6-11H,4-5,12-16H2,(H,23,26). The maximum Gasteiger partial charge on any atom is 0.306 e. The molecule has 6 heteroatoms. The van der Waals surface area contributed by atoms with Crippen molar-refractivity contribution < 1.29 is 19.1 Å². The zero-order valence-corrected chi connectivity index (χ0v) is 15.7. The van der Waals surface area contributed by atoms with E-state index in [1.165, 1.54) is 12.8 Å². The highest BCUT2D eigenvalue weighted by Gasteiger charge is 2.13. The van der Waals surface area contributed by atoms with Gasteiger partial charge in [0, 0.05) is 36.4 Å². The molecule has 0 unspecified atom stereocenters. The van der Waals surface area contributed by atoms with Gasteiger partial charge in [-0.2, -0.15) is 0 Å². The Kier molecular flexibility index (Phi) is 6.78. The van der Waals surface area contributed by atoms with E-state index in [-0.39, 0.29) is 25.2 Å². The number of nitrogens with zero attached hydrogens (tertiary/aromatic N) is 1. The number of carbonyl (C=O) groups is 3. The third kappa shape index (κ3) is 5.67. The predicted molar refractivity (Wildman–Crippen MR) is 107 cm³/mol. The average molecular weight is 380 g/mol. The van der Waals surface area contributed by atoms with Crippen molar-refractivity contribution >= 4 is 29.0 Å². The summed E-state index contributed by atoms with van der Waals surface area (Å²) in [6.07, 6.45) is 2.43. The lowest BCUT2D eigenvalue weighted by molar-refractivity contribution is -0.147. The van der Waals surface area contributed by atoms with Gasteiger partial charge in [-0.15, -0.1) is 0 Å². The second kappa shape index (κ2) is 9.69. The number of anilines is 2. The molecule has 1 aliphatic rings. The van der Waals surface area contributed by atoms with Crippen molar-refractivity contribution in [2.45, 2.75) is 25.7 Å². The minimum Gasteiger partial charge on any atom is -0.456 e.